The summed E-state index contributed by atoms with van der Waals surface area (Å²) < 4.78 is 0. The van der Waals surface area contributed by atoms with E-state index in [4.69, 9.17) is 11.6 Å². The van der Waals surface area contributed by atoms with Gasteiger partial charge in [0.25, 0.3) is 0 Å². The first-order valence-corrected chi connectivity index (χ1v) is 6.15. The van der Waals surface area contributed by atoms with Gasteiger partial charge in [-0.05, 0) is 43.5 Å². The molecule has 0 radical (unpaired) electrons. The van der Waals surface area contributed by atoms with Crippen molar-refractivity contribution in [3.05, 3.63) is 28.8 Å². The summed E-state index contributed by atoms with van der Waals surface area (Å²) in [6.45, 7) is 2.45. The number of aryl methyl sites for hydroxylation is 1. The molecule has 0 unspecified atom stereocenters. The molecular weight excluding hydrogens is 238 g/mol. The third-order valence-corrected chi connectivity index (χ3v) is 3.81. The third kappa shape index (κ3) is 2.39. The molecule has 1 aliphatic carbocycles. The average Bonchev–Trinajstić information content (AvgIpc) is 2.18. The highest BCUT2D eigenvalue weighted by molar-refractivity contribution is 6.30. The van der Waals surface area contributed by atoms with Crippen molar-refractivity contribution in [2.45, 2.75) is 26.2 Å². The number of carboxylic acid groups (broad SMARTS) is 1. The van der Waals surface area contributed by atoms with Gasteiger partial charge in [-0.1, -0.05) is 18.0 Å². The highest BCUT2D eigenvalue weighted by atomic mass is 35.5. The fourth-order valence-corrected chi connectivity index (χ4v) is 2.39. The average molecular weight is 254 g/mol. The van der Waals surface area contributed by atoms with Gasteiger partial charge < -0.3 is 10.4 Å². The van der Waals surface area contributed by atoms with Crippen molar-refractivity contribution in [1.29, 1.82) is 0 Å². The van der Waals surface area contributed by atoms with E-state index < -0.39 is 11.4 Å². The summed E-state index contributed by atoms with van der Waals surface area (Å²) in [6, 6.07) is 5.58. The summed E-state index contributed by atoms with van der Waals surface area (Å²) in [5.41, 5.74) is 1.44. The fraction of sp³-hybridized carbons (Fsp3) is 0.462. The summed E-state index contributed by atoms with van der Waals surface area (Å²) in [5, 5.41) is 13.1. The quantitative estimate of drug-likeness (QED) is 0.866. The van der Waals surface area contributed by atoms with Crippen LogP contribution in [0.15, 0.2) is 18.2 Å². The van der Waals surface area contributed by atoms with Crippen molar-refractivity contribution in [3.8, 4) is 0 Å². The Morgan fingerprint density at radius 2 is 2.24 bits per heavy atom. The summed E-state index contributed by atoms with van der Waals surface area (Å²) in [5.74, 6) is -0.692. The smallest absolute Gasteiger partial charge is 0.311 e. The molecule has 2 N–H and O–H groups in total. The van der Waals surface area contributed by atoms with Crippen LogP contribution in [0.4, 0.5) is 5.69 Å². The van der Waals surface area contributed by atoms with Crippen LogP contribution in [-0.4, -0.2) is 17.6 Å². The number of carbonyl (C=O) groups is 1. The molecular formula is C13H16ClNO2. The van der Waals surface area contributed by atoms with Crippen LogP contribution in [0.25, 0.3) is 0 Å². The minimum absolute atomic E-state index is 0.491. The molecule has 1 aromatic rings. The third-order valence-electron chi connectivity index (χ3n) is 3.57. The molecule has 1 saturated carbocycles. The number of nitrogens with one attached hydrogen (secondary N) is 1. The number of hydrogen-bond acceptors (Lipinski definition) is 2. The van der Waals surface area contributed by atoms with E-state index >= 15 is 0 Å². The minimum atomic E-state index is -0.692. The van der Waals surface area contributed by atoms with Gasteiger partial charge in [-0.2, -0.15) is 0 Å². The SMILES string of the molecule is Cc1cc(Cl)ccc1NCC1(C(=O)O)CCC1. The Balaban J connectivity index is 2.04. The van der Waals surface area contributed by atoms with Gasteiger partial charge in [0, 0.05) is 17.3 Å². The van der Waals surface area contributed by atoms with Gasteiger partial charge in [0.2, 0.25) is 0 Å². The van der Waals surface area contributed by atoms with Crippen LogP contribution in [-0.2, 0) is 4.79 Å². The Kier molecular flexibility index (Phi) is 3.29. The van der Waals surface area contributed by atoms with Gasteiger partial charge in [-0.25, -0.2) is 0 Å². The second-order valence-electron chi connectivity index (χ2n) is 4.75. The molecule has 1 aromatic carbocycles. The molecule has 0 amide bonds. The normalized spacial score (nSPS) is 17.3. The molecule has 0 bridgehead atoms. The van der Waals surface area contributed by atoms with Crippen LogP contribution in [0, 0.1) is 12.3 Å². The summed E-state index contributed by atoms with van der Waals surface area (Å²) >= 11 is 5.87. The lowest BCUT2D eigenvalue weighted by Gasteiger charge is -2.38. The molecule has 0 spiro atoms. The second kappa shape index (κ2) is 4.57. The van der Waals surface area contributed by atoms with Crippen molar-refractivity contribution in [2.24, 2.45) is 5.41 Å². The molecule has 2 rings (SSSR count). The molecule has 0 aromatic heterocycles. The molecule has 17 heavy (non-hydrogen) atoms. The highest BCUT2D eigenvalue weighted by Crippen LogP contribution is 2.41. The molecule has 0 aliphatic heterocycles. The van der Waals surface area contributed by atoms with Crippen LogP contribution < -0.4 is 5.32 Å². The first-order valence-electron chi connectivity index (χ1n) is 5.77. The van der Waals surface area contributed by atoms with Gasteiger partial charge in [-0.15, -0.1) is 0 Å². The zero-order chi connectivity index (χ0) is 12.5. The van der Waals surface area contributed by atoms with Gasteiger partial charge in [0.1, 0.15) is 0 Å². The molecule has 0 saturated heterocycles. The van der Waals surface area contributed by atoms with E-state index in [0.717, 1.165) is 30.5 Å². The number of anilines is 1. The van der Waals surface area contributed by atoms with E-state index in [2.05, 4.69) is 5.32 Å². The van der Waals surface area contributed by atoms with Crippen LogP contribution in [0.5, 0.6) is 0 Å². The van der Waals surface area contributed by atoms with Crippen molar-refractivity contribution in [2.75, 3.05) is 11.9 Å². The van der Waals surface area contributed by atoms with E-state index in [9.17, 15) is 9.90 Å². The predicted octanol–water partition coefficient (Wildman–Crippen LogP) is 3.32. The Morgan fingerprint density at radius 1 is 1.53 bits per heavy atom. The van der Waals surface area contributed by atoms with Gasteiger partial charge in [0.15, 0.2) is 0 Å². The van der Waals surface area contributed by atoms with E-state index in [1.807, 2.05) is 25.1 Å². The number of hydrogen-bond donors (Lipinski definition) is 2. The van der Waals surface area contributed by atoms with Crippen molar-refractivity contribution < 1.29 is 9.90 Å². The summed E-state index contributed by atoms with van der Waals surface area (Å²) in [6.07, 6.45) is 2.54. The highest BCUT2D eigenvalue weighted by Gasteiger charge is 2.44. The molecule has 4 heteroatoms. The molecule has 1 fully saturated rings. The molecule has 0 atom stereocenters. The molecule has 1 aliphatic rings. The van der Waals surface area contributed by atoms with Gasteiger partial charge >= 0.3 is 5.97 Å². The maximum atomic E-state index is 11.2. The topological polar surface area (TPSA) is 49.3 Å². The van der Waals surface area contributed by atoms with E-state index in [1.54, 1.807) is 0 Å². The van der Waals surface area contributed by atoms with Crippen LogP contribution >= 0.6 is 11.6 Å². The molecule has 92 valence electrons. The number of rotatable bonds is 4. The number of carboxylic acids is 1. The first kappa shape index (κ1) is 12.2. The van der Waals surface area contributed by atoms with Crippen LogP contribution in [0.2, 0.25) is 5.02 Å². The van der Waals surface area contributed by atoms with Crippen LogP contribution in [0.1, 0.15) is 24.8 Å². The van der Waals surface area contributed by atoms with Crippen molar-refractivity contribution >= 4 is 23.3 Å². The van der Waals surface area contributed by atoms with Crippen molar-refractivity contribution in [1.82, 2.24) is 0 Å². The zero-order valence-electron chi connectivity index (χ0n) is 9.79. The largest absolute Gasteiger partial charge is 0.481 e. The lowest BCUT2D eigenvalue weighted by atomic mass is 9.69. The van der Waals surface area contributed by atoms with E-state index in [1.165, 1.54) is 0 Å². The zero-order valence-corrected chi connectivity index (χ0v) is 10.5. The maximum Gasteiger partial charge on any atom is 0.311 e. The Labute approximate surface area is 106 Å². The monoisotopic (exact) mass is 253 g/mol. The predicted molar refractivity (Wildman–Crippen MR) is 68.6 cm³/mol. The fourth-order valence-electron chi connectivity index (χ4n) is 2.16. The number of benzene rings is 1. The Morgan fingerprint density at radius 3 is 2.71 bits per heavy atom. The Hall–Kier alpha value is -1.22. The standard InChI is InChI=1S/C13H16ClNO2/c1-9-7-10(14)3-4-11(9)15-8-13(12(16)17)5-2-6-13/h3-4,7,15H,2,5-6,8H2,1H3,(H,16,17). The lowest BCUT2D eigenvalue weighted by Crippen LogP contribution is -2.43. The summed E-state index contributed by atoms with van der Waals surface area (Å²) in [4.78, 5) is 11.2. The van der Waals surface area contributed by atoms with Gasteiger partial charge in [-0.3, -0.25) is 4.79 Å². The minimum Gasteiger partial charge on any atom is -0.481 e. The maximum absolute atomic E-state index is 11.2. The molecule has 0 heterocycles. The van der Waals surface area contributed by atoms with Gasteiger partial charge in [0.05, 0.1) is 5.41 Å². The second-order valence-corrected chi connectivity index (χ2v) is 5.19. The molecule has 3 nitrogen and oxygen atoms in total. The number of aliphatic carboxylic acids is 1. The van der Waals surface area contributed by atoms with Crippen LogP contribution in [0.3, 0.4) is 0 Å². The van der Waals surface area contributed by atoms with Crippen molar-refractivity contribution in [3.63, 3.8) is 0 Å². The number of halogens is 1. The summed E-state index contributed by atoms with van der Waals surface area (Å²) in [7, 11) is 0. The van der Waals surface area contributed by atoms with E-state index in [-0.39, 0.29) is 0 Å². The Bertz CT molecular complexity index is 441. The van der Waals surface area contributed by atoms with E-state index in [0.29, 0.717) is 11.6 Å². The first-order chi connectivity index (χ1) is 8.03. The lowest BCUT2D eigenvalue weighted by molar-refractivity contribution is -0.153.